The molecule has 192 valence electrons. The van der Waals surface area contributed by atoms with Gasteiger partial charge in [0.15, 0.2) is 0 Å². The summed E-state index contributed by atoms with van der Waals surface area (Å²) in [6.45, 7) is 9.09. The first kappa shape index (κ1) is 25.6. The zero-order valence-electron chi connectivity index (χ0n) is 21.6. The Bertz CT molecular complexity index is 1210. The molecule has 9 nitrogen and oxygen atoms in total. The molecule has 0 atom stereocenters. The van der Waals surface area contributed by atoms with Crippen molar-refractivity contribution in [1.29, 1.82) is 0 Å². The molecule has 4 rings (SSSR count). The molecule has 0 bridgehead atoms. The minimum absolute atomic E-state index is 0.0207. The van der Waals surface area contributed by atoms with E-state index >= 15 is 0 Å². The Kier molecular flexibility index (Phi) is 7.59. The first-order valence-corrected chi connectivity index (χ1v) is 12.4. The Morgan fingerprint density at radius 2 is 1.83 bits per heavy atom. The highest BCUT2D eigenvalue weighted by atomic mass is 16.5. The fourth-order valence-electron chi connectivity index (χ4n) is 4.48. The summed E-state index contributed by atoms with van der Waals surface area (Å²) in [5, 5.41) is 1.03. The largest absolute Gasteiger partial charge is 0.370 e. The second-order valence-electron chi connectivity index (χ2n) is 10.4. The monoisotopic (exact) mass is 492 g/mol. The van der Waals surface area contributed by atoms with Gasteiger partial charge in [-0.2, -0.15) is 0 Å². The van der Waals surface area contributed by atoms with Gasteiger partial charge in [0.2, 0.25) is 17.8 Å². The molecule has 1 aromatic carbocycles. The predicted molar refractivity (Wildman–Crippen MR) is 140 cm³/mol. The summed E-state index contributed by atoms with van der Waals surface area (Å²) in [6.07, 6.45) is 7.50. The minimum atomic E-state index is -0.452. The van der Waals surface area contributed by atoms with Gasteiger partial charge in [-0.3, -0.25) is 9.59 Å². The van der Waals surface area contributed by atoms with Gasteiger partial charge in [0.1, 0.15) is 6.61 Å². The molecule has 0 saturated carbocycles. The number of primary amides is 1. The van der Waals surface area contributed by atoms with Crippen molar-refractivity contribution in [2.45, 2.75) is 51.6 Å². The van der Waals surface area contributed by atoms with Crippen LogP contribution in [-0.2, 0) is 21.5 Å². The molecular weight excluding hydrogens is 456 g/mol. The number of benzene rings is 1. The van der Waals surface area contributed by atoms with Crippen molar-refractivity contribution in [2.24, 2.45) is 5.73 Å². The summed E-state index contributed by atoms with van der Waals surface area (Å²) in [4.78, 5) is 37.3. The molecule has 2 aromatic heterocycles. The third kappa shape index (κ3) is 5.84. The number of carbonyl (C=O) groups is 2. The second kappa shape index (κ2) is 10.7. The first-order valence-electron chi connectivity index (χ1n) is 12.4. The highest BCUT2D eigenvalue weighted by Crippen LogP contribution is 2.23. The van der Waals surface area contributed by atoms with E-state index in [9.17, 15) is 9.59 Å². The second-order valence-corrected chi connectivity index (χ2v) is 10.4. The molecule has 0 aliphatic carbocycles. The highest BCUT2D eigenvalue weighted by Gasteiger charge is 2.26. The van der Waals surface area contributed by atoms with Gasteiger partial charge in [-0.25, -0.2) is 9.97 Å². The topological polar surface area (TPSA) is 107 Å². The zero-order chi connectivity index (χ0) is 25.9. The summed E-state index contributed by atoms with van der Waals surface area (Å²) in [7, 11) is 1.85. The molecule has 9 heteroatoms. The van der Waals surface area contributed by atoms with E-state index in [0.29, 0.717) is 18.7 Å². The smallest absolute Gasteiger partial charge is 0.248 e. The lowest BCUT2D eigenvalue weighted by atomic mass is 9.89. The van der Waals surface area contributed by atoms with Crippen LogP contribution in [0.4, 0.5) is 5.95 Å². The number of fused-ring (bicyclic) bond motifs is 1. The average Bonchev–Trinajstić information content (AvgIpc) is 3.28. The standard InChI is InChI=1S/C27H36N6O3/c1-27(2,3)21-16-29-26(30-17-21)33-11-8-22(9-12-33)31(4)24(34)18-36-14-13-32-10-7-19-5-6-20(25(28)35)15-23(19)32/h5-7,10,15-17,22H,8-9,11-14,18H2,1-4H3,(H2,28,35). The fourth-order valence-corrected chi connectivity index (χ4v) is 4.48. The molecule has 0 radical (unpaired) electrons. The lowest BCUT2D eigenvalue weighted by molar-refractivity contribution is -0.137. The quantitative estimate of drug-likeness (QED) is 0.485. The van der Waals surface area contributed by atoms with Crippen LogP contribution >= 0.6 is 0 Å². The van der Waals surface area contributed by atoms with Gasteiger partial charge in [-0.1, -0.05) is 26.8 Å². The summed E-state index contributed by atoms with van der Waals surface area (Å²) in [5.41, 5.74) is 7.94. The zero-order valence-corrected chi connectivity index (χ0v) is 21.6. The number of rotatable bonds is 8. The van der Waals surface area contributed by atoms with E-state index < -0.39 is 5.91 Å². The van der Waals surface area contributed by atoms with Crippen molar-refractivity contribution >= 4 is 28.7 Å². The number of amides is 2. The van der Waals surface area contributed by atoms with Gasteiger partial charge in [0, 0.05) is 62.4 Å². The van der Waals surface area contributed by atoms with Crippen molar-refractivity contribution in [2.75, 3.05) is 38.3 Å². The molecule has 2 amide bonds. The Morgan fingerprint density at radius 1 is 1.14 bits per heavy atom. The number of likely N-dealkylation sites (N-methyl/N-ethyl adjacent to an activating group) is 1. The number of carbonyl (C=O) groups excluding carboxylic acids is 2. The molecule has 1 aliphatic heterocycles. The lowest BCUT2D eigenvalue weighted by Crippen LogP contribution is -2.47. The van der Waals surface area contributed by atoms with E-state index in [2.05, 4.69) is 35.6 Å². The van der Waals surface area contributed by atoms with Crippen molar-refractivity contribution in [3.05, 3.63) is 54.0 Å². The third-order valence-electron chi connectivity index (χ3n) is 6.95. The number of anilines is 1. The van der Waals surface area contributed by atoms with E-state index in [4.69, 9.17) is 10.5 Å². The van der Waals surface area contributed by atoms with Crippen molar-refractivity contribution in [3.63, 3.8) is 0 Å². The Morgan fingerprint density at radius 3 is 2.47 bits per heavy atom. The van der Waals surface area contributed by atoms with E-state index in [0.717, 1.165) is 48.3 Å². The summed E-state index contributed by atoms with van der Waals surface area (Å²) >= 11 is 0. The molecule has 3 heterocycles. The van der Waals surface area contributed by atoms with Gasteiger partial charge in [0.25, 0.3) is 0 Å². The molecule has 1 aliphatic rings. The van der Waals surface area contributed by atoms with E-state index in [1.165, 1.54) is 0 Å². The maximum atomic E-state index is 12.7. The molecule has 0 unspecified atom stereocenters. The maximum Gasteiger partial charge on any atom is 0.248 e. The van der Waals surface area contributed by atoms with Gasteiger partial charge in [-0.05, 0) is 47.4 Å². The van der Waals surface area contributed by atoms with Crippen molar-refractivity contribution < 1.29 is 14.3 Å². The van der Waals surface area contributed by atoms with Crippen LogP contribution in [0.25, 0.3) is 10.9 Å². The third-order valence-corrected chi connectivity index (χ3v) is 6.95. The van der Waals surface area contributed by atoms with E-state index in [1.807, 2.05) is 47.2 Å². The molecule has 1 fully saturated rings. The molecule has 0 spiro atoms. The lowest BCUT2D eigenvalue weighted by Gasteiger charge is -2.36. The number of hydrogen-bond donors (Lipinski definition) is 1. The minimum Gasteiger partial charge on any atom is -0.370 e. The van der Waals surface area contributed by atoms with Crippen LogP contribution in [0.15, 0.2) is 42.9 Å². The van der Waals surface area contributed by atoms with Crippen LogP contribution in [0.1, 0.15) is 49.5 Å². The Hall–Kier alpha value is -3.46. The van der Waals surface area contributed by atoms with Crippen molar-refractivity contribution in [3.8, 4) is 0 Å². The summed E-state index contributed by atoms with van der Waals surface area (Å²) < 4.78 is 7.70. The van der Waals surface area contributed by atoms with Gasteiger partial charge in [0.05, 0.1) is 6.61 Å². The van der Waals surface area contributed by atoms with E-state index in [1.54, 1.807) is 12.1 Å². The van der Waals surface area contributed by atoms with Crippen LogP contribution in [0.2, 0.25) is 0 Å². The van der Waals surface area contributed by atoms with Gasteiger partial charge >= 0.3 is 0 Å². The normalized spacial score (nSPS) is 14.8. The molecule has 1 saturated heterocycles. The van der Waals surface area contributed by atoms with Crippen LogP contribution < -0.4 is 10.6 Å². The summed E-state index contributed by atoms with van der Waals surface area (Å²) in [5.74, 6) is 0.276. The fraction of sp³-hybridized carbons (Fsp3) is 0.481. The SMILES string of the molecule is CN(C(=O)COCCn1ccc2ccc(C(N)=O)cc21)C1CCN(c2ncc(C(C)(C)C)cn2)CC1. The number of nitrogens with two attached hydrogens (primary N) is 1. The predicted octanol–water partition coefficient (Wildman–Crippen LogP) is 2.97. The summed E-state index contributed by atoms with van der Waals surface area (Å²) in [6, 6.07) is 7.54. The van der Waals surface area contributed by atoms with Crippen LogP contribution in [0.5, 0.6) is 0 Å². The molecule has 36 heavy (non-hydrogen) atoms. The molecule has 2 N–H and O–H groups in total. The number of hydrogen-bond acceptors (Lipinski definition) is 6. The van der Waals surface area contributed by atoms with Crippen LogP contribution in [-0.4, -0.2) is 70.6 Å². The first-order chi connectivity index (χ1) is 17.1. The molecule has 3 aromatic rings. The Labute approximate surface area is 212 Å². The maximum absolute atomic E-state index is 12.7. The number of ether oxygens (including phenoxy) is 1. The highest BCUT2D eigenvalue weighted by molar-refractivity contribution is 5.97. The van der Waals surface area contributed by atoms with Crippen LogP contribution in [0, 0.1) is 0 Å². The molecular formula is C27H36N6O3. The number of nitrogens with zero attached hydrogens (tertiary/aromatic N) is 5. The Balaban J connectivity index is 1.22. The van der Waals surface area contributed by atoms with Crippen LogP contribution in [0.3, 0.4) is 0 Å². The number of piperidine rings is 1. The van der Waals surface area contributed by atoms with Gasteiger partial charge < -0.3 is 24.8 Å². The van der Waals surface area contributed by atoms with E-state index in [-0.39, 0.29) is 24.0 Å². The van der Waals surface area contributed by atoms with Gasteiger partial charge in [-0.15, -0.1) is 0 Å². The number of aromatic nitrogens is 3. The average molecular weight is 493 g/mol. The van der Waals surface area contributed by atoms with Crippen molar-refractivity contribution in [1.82, 2.24) is 19.4 Å².